The molecule has 5 N–H and O–H groups in total. The molecule has 6 amide bonds. The topological polar surface area (TPSA) is 172 Å². The number of anilines is 1. The smallest absolute Gasteiger partial charge is 0.342 e. The molecule has 0 saturated carbocycles. The zero-order valence-electron chi connectivity index (χ0n) is 22.4. The quantitative estimate of drug-likeness (QED) is 0.241. The lowest BCUT2D eigenvalue weighted by Gasteiger charge is -2.43. The number of thioether (sulfide) groups is 1. The van der Waals surface area contributed by atoms with Gasteiger partial charge in [-0.1, -0.05) is 29.8 Å². The molecule has 4 saturated heterocycles. The van der Waals surface area contributed by atoms with Gasteiger partial charge >= 0.3 is 18.0 Å². The number of rotatable bonds is 6. The Morgan fingerprint density at radius 1 is 1.14 bits per heavy atom. The molecule has 2 aromatic rings. The lowest BCUT2D eigenvalue weighted by atomic mass is 9.96. The van der Waals surface area contributed by atoms with Crippen LogP contribution >= 0.6 is 23.4 Å². The number of phenols is 1. The third kappa shape index (κ3) is 4.59. The van der Waals surface area contributed by atoms with E-state index in [1.54, 1.807) is 26.0 Å². The number of β-lactam (4-membered cyclic amide) rings is 1. The number of nitrogens with one attached hydrogen (secondary N) is 3. The highest BCUT2D eigenvalue weighted by Crippen LogP contribution is 2.50. The molecule has 6 rings (SSSR count). The fourth-order valence-electron chi connectivity index (χ4n) is 5.85. The van der Waals surface area contributed by atoms with Gasteiger partial charge < -0.3 is 25.7 Å². The molecule has 0 aromatic heterocycles. The van der Waals surface area contributed by atoms with Crippen LogP contribution in [0.3, 0.4) is 0 Å². The molecule has 4 heterocycles. The van der Waals surface area contributed by atoms with E-state index >= 15 is 0 Å². The maximum atomic E-state index is 13.0. The fraction of sp³-hybridized carbons (Fsp3) is 0.370. The summed E-state index contributed by atoms with van der Waals surface area (Å²) in [6, 6.07) is 7.89. The lowest BCUT2D eigenvalue weighted by molar-refractivity contribution is -0.161. The van der Waals surface area contributed by atoms with Crippen LogP contribution in [0.25, 0.3) is 0 Å². The van der Waals surface area contributed by atoms with Crippen molar-refractivity contribution in [1.82, 2.24) is 25.6 Å². The molecule has 2 unspecified atom stereocenters. The zero-order chi connectivity index (χ0) is 30.1. The number of phenolic OH excluding ortho intramolecular Hbond substituents is 1. The summed E-state index contributed by atoms with van der Waals surface area (Å²) in [6.45, 7) is 3.62. The molecule has 4 aliphatic heterocycles. The Labute approximate surface area is 249 Å². The second kappa shape index (κ2) is 10.1. The van der Waals surface area contributed by atoms with E-state index in [1.807, 2.05) is 12.1 Å². The molecule has 42 heavy (non-hydrogen) atoms. The molecule has 220 valence electrons. The number of nitrogens with zero attached hydrogens (tertiary/aromatic N) is 3. The van der Waals surface area contributed by atoms with Crippen LogP contribution in [0.2, 0.25) is 5.02 Å². The van der Waals surface area contributed by atoms with Crippen LogP contribution in [0.4, 0.5) is 15.3 Å². The van der Waals surface area contributed by atoms with Crippen LogP contribution in [-0.4, -0.2) is 89.7 Å². The van der Waals surface area contributed by atoms with Gasteiger partial charge in [-0.05, 0) is 49.2 Å². The van der Waals surface area contributed by atoms with Gasteiger partial charge in [-0.25, -0.2) is 24.7 Å². The first kappa shape index (κ1) is 28.1. The average molecular weight is 615 g/mol. The number of fused-ring (bicyclic) bond motifs is 2. The summed E-state index contributed by atoms with van der Waals surface area (Å²) in [5, 5.41) is 26.6. The maximum Gasteiger partial charge on any atom is 0.342 e. The highest BCUT2D eigenvalue weighted by Gasteiger charge is 2.64. The van der Waals surface area contributed by atoms with Gasteiger partial charge in [0.1, 0.15) is 23.2 Å². The van der Waals surface area contributed by atoms with Gasteiger partial charge in [0.05, 0.1) is 30.7 Å². The Kier molecular flexibility index (Phi) is 6.74. The number of benzene rings is 2. The number of urea groups is 2. The predicted octanol–water partition coefficient (Wildman–Crippen LogP) is 2.12. The van der Waals surface area contributed by atoms with Gasteiger partial charge in [0.25, 0.3) is 0 Å². The number of carboxylic acid groups (broad SMARTS) is 1. The first-order chi connectivity index (χ1) is 19.9. The summed E-state index contributed by atoms with van der Waals surface area (Å²) < 4.78 is -0.713. The van der Waals surface area contributed by atoms with Crippen molar-refractivity contribution >= 4 is 58.9 Å². The monoisotopic (exact) mass is 614 g/mol. The minimum Gasteiger partial charge on any atom is -0.506 e. The summed E-state index contributed by atoms with van der Waals surface area (Å²) in [6.07, 6.45) is -0.165. The number of amides is 6. The lowest BCUT2D eigenvalue weighted by Crippen LogP contribution is -2.70. The first-order valence-electron chi connectivity index (χ1n) is 13.1. The van der Waals surface area contributed by atoms with Crippen LogP contribution < -0.4 is 16.1 Å². The predicted molar refractivity (Wildman–Crippen MR) is 152 cm³/mol. The van der Waals surface area contributed by atoms with E-state index in [4.69, 9.17) is 11.6 Å². The average Bonchev–Trinajstić information content (AvgIpc) is 3.32. The van der Waals surface area contributed by atoms with Crippen LogP contribution in [0.15, 0.2) is 42.5 Å². The molecule has 15 heteroatoms. The number of hydrazine groups is 1. The Morgan fingerprint density at radius 3 is 2.55 bits per heavy atom. The van der Waals surface area contributed by atoms with Crippen molar-refractivity contribution in [3.8, 4) is 5.75 Å². The van der Waals surface area contributed by atoms with E-state index in [1.165, 1.54) is 39.9 Å². The Morgan fingerprint density at radius 2 is 1.86 bits per heavy atom. The summed E-state index contributed by atoms with van der Waals surface area (Å²) in [4.78, 5) is 65.3. The molecule has 0 aliphatic carbocycles. The molecule has 5 atom stereocenters. The number of imide groups is 1. The Balaban J connectivity index is 1.07. The van der Waals surface area contributed by atoms with Gasteiger partial charge in [0.15, 0.2) is 0 Å². The zero-order valence-corrected chi connectivity index (χ0v) is 24.0. The second-order valence-corrected chi connectivity index (χ2v) is 13.3. The molecule has 2 aromatic carbocycles. The van der Waals surface area contributed by atoms with Crippen molar-refractivity contribution in [2.45, 2.75) is 54.6 Å². The Hall–Kier alpha value is -4.01. The van der Waals surface area contributed by atoms with E-state index in [2.05, 4.69) is 16.1 Å². The molecule has 13 nitrogen and oxygen atoms in total. The number of aromatic hydroxyl groups is 1. The van der Waals surface area contributed by atoms with E-state index in [0.717, 1.165) is 10.5 Å². The third-order valence-electron chi connectivity index (χ3n) is 7.93. The number of carbonyl (C=O) groups excluding carboxylic acids is 4. The summed E-state index contributed by atoms with van der Waals surface area (Å²) in [5.74, 6) is -2.28. The van der Waals surface area contributed by atoms with Crippen molar-refractivity contribution in [1.29, 1.82) is 0 Å². The van der Waals surface area contributed by atoms with Crippen molar-refractivity contribution in [3.63, 3.8) is 0 Å². The largest absolute Gasteiger partial charge is 0.506 e. The Bertz CT molecular complexity index is 1520. The highest BCUT2D eigenvalue weighted by atomic mass is 35.5. The molecule has 0 radical (unpaired) electrons. The summed E-state index contributed by atoms with van der Waals surface area (Å²) in [5.41, 5.74) is 4.41. The number of carbonyl (C=O) groups is 5. The molecular formula is C27H27ClN6O7S. The minimum absolute atomic E-state index is 0.0119. The number of aliphatic carboxylic acids is 1. The van der Waals surface area contributed by atoms with E-state index in [-0.39, 0.29) is 36.5 Å². The number of carboxylic acids is 1. The fourth-order valence-corrected chi connectivity index (χ4v) is 7.60. The number of hydrogen-bond donors (Lipinski definition) is 5. The van der Waals surface area contributed by atoms with E-state index in [0.29, 0.717) is 10.6 Å². The van der Waals surface area contributed by atoms with E-state index < -0.39 is 52.1 Å². The maximum absolute atomic E-state index is 13.0. The van der Waals surface area contributed by atoms with Gasteiger partial charge in [-0.3, -0.25) is 14.6 Å². The molecule has 4 fully saturated rings. The van der Waals surface area contributed by atoms with E-state index in [9.17, 15) is 34.2 Å². The molecule has 4 aliphatic rings. The van der Waals surface area contributed by atoms with Crippen LogP contribution in [0.1, 0.15) is 31.0 Å². The van der Waals surface area contributed by atoms with Gasteiger partial charge in [0, 0.05) is 9.77 Å². The van der Waals surface area contributed by atoms with Gasteiger partial charge in [-0.15, -0.1) is 11.8 Å². The number of hydrogen-bond acceptors (Lipinski definition) is 8. The molecular weight excluding hydrogens is 588 g/mol. The van der Waals surface area contributed by atoms with Crippen LogP contribution in [0.5, 0.6) is 5.75 Å². The normalized spacial score (nSPS) is 27.1. The standard InChI is InChI=1S/C27H27ClN6O7S/c1-27(2)21(24(38)39)33-22(37)20(23(33)42-27)30-18(36)10-12-3-8-17(35)15(9-12)29-25(40)32-11-16-19(31-34(16)26(32)41)13-4-6-14(28)7-5-13/h3-9,16,19-21,23,31,35H,10-11H2,1-2H3,(H,29,40)(H,30,36)(H,38,39)/t16?,19?,20-,21+,23-/m1/s1. The third-order valence-corrected chi connectivity index (χ3v) is 9.76. The van der Waals surface area contributed by atoms with Crippen LogP contribution in [-0.2, 0) is 20.8 Å². The van der Waals surface area contributed by atoms with Crippen molar-refractivity contribution in [2.75, 3.05) is 11.9 Å². The summed E-state index contributed by atoms with van der Waals surface area (Å²) >= 11 is 7.29. The number of halogens is 1. The first-order valence-corrected chi connectivity index (χ1v) is 14.4. The SMILES string of the molecule is CC1(C)S[C@@H]2[C@H](NC(=O)Cc3ccc(O)c(NC(=O)N4CC5C(c6ccc(Cl)cc6)NN5C4=O)c3)C(=O)N2[C@H]1C(=O)O. The van der Waals surface area contributed by atoms with Crippen molar-refractivity contribution in [2.24, 2.45) is 0 Å². The summed E-state index contributed by atoms with van der Waals surface area (Å²) in [7, 11) is 0. The minimum atomic E-state index is -1.09. The van der Waals surface area contributed by atoms with Crippen molar-refractivity contribution in [3.05, 3.63) is 58.6 Å². The van der Waals surface area contributed by atoms with Gasteiger partial charge in [-0.2, -0.15) is 0 Å². The van der Waals surface area contributed by atoms with Gasteiger partial charge in [0.2, 0.25) is 11.8 Å². The molecule has 0 bridgehead atoms. The molecule has 0 spiro atoms. The van der Waals surface area contributed by atoms with Crippen molar-refractivity contribution < 1.29 is 34.2 Å². The highest BCUT2D eigenvalue weighted by molar-refractivity contribution is 8.01. The second-order valence-electron chi connectivity index (χ2n) is 11.1. The van der Waals surface area contributed by atoms with Crippen LogP contribution in [0, 0.1) is 0 Å².